The van der Waals surface area contributed by atoms with Crippen molar-refractivity contribution in [3.8, 4) is 0 Å². The molecule has 3 saturated heterocycles. The standard InChI is InChI=1S/C45H78N4O10/c1-26-22-44(13-4-5-14-44)45(33(9-10-34(45)43(54)55)29-12-15-48-41(46)19-29)40(49-26)24-57-39-18-30(17-38(56-3)42(39)53)36-21-31(51)20-32(59-36)8-6-28-7-11-35(52)37(16-28)58-25-47-23-27(2)50/h9-10,26-42,47-53H,4-8,11-25,46H2,1-3H3,(H,54,55)/t26-,27+,28?,29?,30?,31+,32+,33+,34-,35?,36-,37?,38?,39?,40-,41?,42?,45+/m1/s1. The van der Waals surface area contributed by atoms with Gasteiger partial charge in [-0.25, -0.2) is 0 Å². The third-order valence-corrected chi connectivity index (χ3v) is 16.2. The monoisotopic (exact) mass is 835 g/mol. The molecule has 2 spiro atoms. The lowest BCUT2D eigenvalue weighted by Gasteiger charge is -2.63. The number of carboxylic acids is 1. The average molecular weight is 835 g/mol. The molecule has 0 radical (unpaired) electrons. The van der Waals surface area contributed by atoms with E-state index in [1.54, 1.807) is 14.0 Å². The van der Waals surface area contributed by atoms with E-state index in [2.05, 4.69) is 29.0 Å². The molecule has 3 heterocycles. The Kier molecular flexibility index (Phi) is 15.5. The molecule has 0 aromatic carbocycles. The van der Waals surface area contributed by atoms with Crippen molar-refractivity contribution in [2.75, 3.05) is 33.5 Å². The smallest absolute Gasteiger partial charge is 0.311 e. The molecule has 59 heavy (non-hydrogen) atoms. The molecule has 10 N–H and O–H groups in total. The molecule has 18 atom stereocenters. The highest BCUT2D eigenvalue weighted by Crippen LogP contribution is 2.68. The second-order valence-electron chi connectivity index (χ2n) is 20.1. The first-order valence-corrected chi connectivity index (χ1v) is 23.3. The summed E-state index contributed by atoms with van der Waals surface area (Å²) >= 11 is 0. The third-order valence-electron chi connectivity index (χ3n) is 16.2. The Morgan fingerprint density at radius 3 is 2.47 bits per heavy atom. The van der Waals surface area contributed by atoms with Crippen LogP contribution >= 0.6 is 0 Å². The number of ether oxygens (including phenoxy) is 4. The second kappa shape index (κ2) is 20.1. The number of aliphatic hydroxyl groups excluding tert-OH is 4. The normalized spacial score (nSPS) is 45.6. The van der Waals surface area contributed by atoms with E-state index in [4.69, 9.17) is 24.7 Å². The zero-order chi connectivity index (χ0) is 41.9. The molecular formula is C45H78N4O10. The Bertz CT molecular complexity index is 1390. The van der Waals surface area contributed by atoms with Crippen LogP contribution in [0.1, 0.15) is 117 Å². The number of methoxy groups -OCH3 is 1. The number of aliphatic hydroxyl groups is 4. The summed E-state index contributed by atoms with van der Waals surface area (Å²) in [5, 5.41) is 64.5. The topological polar surface area (TPSA) is 217 Å². The van der Waals surface area contributed by atoms with Gasteiger partial charge in [0.2, 0.25) is 0 Å². The maximum Gasteiger partial charge on any atom is 0.311 e. The van der Waals surface area contributed by atoms with Crippen LogP contribution in [-0.4, -0.2) is 138 Å². The molecule has 14 heteroatoms. The lowest BCUT2D eigenvalue weighted by Crippen LogP contribution is -2.70. The van der Waals surface area contributed by atoms with Gasteiger partial charge < -0.3 is 60.8 Å². The van der Waals surface area contributed by atoms with Gasteiger partial charge in [0.1, 0.15) is 6.10 Å². The first-order valence-electron chi connectivity index (χ1n) is 23.3. The maximum absolute atomic E-state index is 13.4. The highest BCUT2D eigenvalue weighted by molar-refractivity contribution is 5.75. The minimum Gasteiger partial charge on any atom is -0.481 e. The zero-order valence-corrected chi connectivity index (χ0v) is 36.0. The van der Waals surface area contributed by atoms with Gasteiger partial charge in [0.15, 0.2) is 0 Å². The van der Waals surface area contributed by atoms with E-state index in [9.17, 15) is 30.3 Å². The average Bonchev–Trinajstić information content (AvgIpc) is 3.84. The van der Waals surface area contributed by atoms with Gasteiger partial charge in [0.25, 0.3) is 0 Å². The van der Waals surface area contributed by atoms with E-state index in [-0.39, 0.29) is 73.1 Å². The number of carboxylic acid groups (broad SMARTS) is 1. The van der Waals surface area contributed by atoms with Crippen molar-refractivity contribution >= 4 is 5.97 Å². The summed E-state index contributed by atoms with van der Waals surface area (Å²) < 4.78 is 25.6. The molecule has 0 aromatic heterocycles. The van der Waals surface area contributed by atoms with Gasteiger partial charge in [-0.05, 0) is 139 Å². The van der Waals surface area contributed by atoms with Crippen molar-refractivity contribution in [2.45, 2.75) is 190 Å². The molecule has 4 aliphatic carbocycles. The molecule has 0 bridgehead atoms. The summed E-state index contributed by atoms with van der Waals surface area (Å²) in [6, 6.07) is -0.0494. The fraction of sp³-hybridized carbons (Fsp3) is 0.933. The minimum absolute atomic E-state index is 0.000175. The number of nitrogens with one attached hydrogen (secondary N) is 3. The molecule has 3 saturated carbocycles. The Hall–Kier alpha value is -1.27. The van der Waals surface area contributed by atoms with Crippen molar-refractivity contribution in [3.63, 3.8) is 0 Å². The van der Waals surface area contributed by atoms with Gasteiger partial charge in [0.05, 0.1) is 74.3 Å². The van der Waals surface area contributed by atoms with E-state index < -0.39 is 53.9 Å². The fourth-order valence-corrected chi connectivity index (χ4v) is 13.7. The van der Waals surface area contributed by atoms with E-state index in [0.717, 1.165) is 77.2 Å². The molecule has 338 valence electrons. The van der Waals surface area contributed by atoms with Crippen molar-refractivity contribution in [1.82, 2.24) is 16.0 Å². The first kappa shape index (κ1) is 45.7. The number of allylic oxidation sites excluding steroid dienone is 1. The van der Waals surface area contributed by atoms with Crippen LogP contribution in [0.4, 0.5) is 0 Å². The molecular weight excluding hydrogens is 757 g/mol. The molecule has 6 fully saturated rings. The summed E-state index contributed by atoms with van der Waals surface area (Å²) in [4.78, 5) is 13.4. The number of fused-ring (bicyclic) bond motifs is 1. The van der Waals surface area contributed by atoms with Gasteiger partial charge in [0, 0.05) is 31.2 Å². The van der Waals surface area contributed by atoms with Crippen LogP contribution < -0.4 is 21.7 Å². The Balaban J connectivity index is 1.03. The van der Waals surface area contributed by atoms with Crippen LogP contribution in [-0.2, 0) is 23.7 Å². The highest BCUT2D eigenvalue weighted by Gasteiger charge is 2.69. The van der Waals surface area contributed by atoms with Crippen molar-refractivity contribution in [3.05, 3.63) is 12.2 Å². The number of rotatable bonds is 15. The molecule has 9 unspecified atom stereocenters. The highest BCUT2D eigenvalue weighted by atomic mass is 16.5. The fourth-order valence-electron chi connectivity index (χ4n) is 13.7. The quantitative estimate of drug-likeness (QED) is 0.0659. The van der Waals surface area contributed by atoms with Crippen molar-refractivity contribution < 1.29 is 49.3 Å². The summed E-state index contributed by atoms with van der Waals surface area (Å²) in [7, 11) is 1.63. The maximum atomic E-state index is 13.4. The zero-order valence-electron chi connectivity index (χ0n) is 36.0. The van der Waals surface area contributed by atoms with Gasteiger partial charge >= 0.3 is 5.97 Å². The number of nitrogens with two attached hydrogens (primary N) is 1. The lowest BCUT2D eigenvalue weighted by atomic mass is 9.45. The predicted molar refractivity (Wildman–Crippen MR) is 222 cm³/mol. The third kappa shape index (κ3) is 9.94. The SMILES string of the molecule is COC1CC([C@H]2C[C@@H](O)C[C@H](CCC3CCC(O)C(OCNC[C@H](C)O)C3)O2)CC(OC[C@H]2N[C@H](C)CC3(CCCC3)[C@@]23[C@@H](C(=O)O)C=C[C@H]3C2CCNC(N)C2)C1O. The van der Waals surface area contributed by atoms with Crippen molar-refractivity contribution in [2.24, 2.45) is 46.2 Å². The van der Waals surface area contributed by atoms with Gasteiger partial charge in [-0.3, -0.25) is 10.1 Å². The first-order chi connectivity index (χ1) is 28.3. The summed E-state index contributed by atoms with van der Waals surface area (Å²) in [5.74, 6) is -0.736. The van der Waals surface area contributed by atoms with E-state index in [1.165, 1.54) is 0 Å². The largest absolute Gasteiger partial charge is 0.481 e. The number of carbonyl (C=O) groups is 1. The summed E-state index contributed by atoms with van der Waals surface area (Å²) in [6.07, 6.45) is 13.5. The van der Waals surface area contributed by atoms with Crippen LogP contribution in [0, 0.1) is 40.4 Å². The Morgan fingerprint density at radius 1 is 0.966 bits per heavy atom. The molecule has 0 amide bonds. The number of hydrogen-bond acceptors (Lipinski definition) is 13. The Labute approximate surface area is 352 Å². The predicted octanol–water partition coefficient (Wildman–Crippen LogP) is 2.79. The van der Waals surface area contributed by atoms with E-state index in [0.29, 0.717) is 44.6 Å². The van der Waals surface area contributed by atoms with Gasteiger partial charge in [-0.2, -0.15) is 0 Å². The van der Waals surface area contributed by atoms with Crippen LogP contribution in [0.2, 0.25) is 0 Å². The number of aliphatic carboxylic acids is 1. The molecule has 14 nitrogen and oxygen atoms in total. The van der Waals surface area contributed by atoms with E-state index >= 15 is 0 Å². The Morgan fingerprint density at radius 2 is 1.75 bits per heavy atom. The van der Waals surface area contributed by atoms with E-state index in [1.807, 2.05) is 6.08 Å². The molecule has 7 rings (SSSR count). The van der Waals surface area contributed by atoms with Crippen LogP contribution in [0.15, 0.2) is 12.2 Å². The van der Waals surface area contributed by atoms with Crippen LogP contribution in [0.5, 0.6) is 0 Å². The van der Waals surface area contributed by atoms with Gasteiger partial charge in [-0.1, -0.05) is 25.0 Å². The van der Waals surface area contributed by atoms with Crippen LogP contribution in [0.25, 0.3) is 0 Å². The number of hydrogen-bond donors (Lipinski definition) is 9. The number of piperidine rings is 2. The van der Waals surface area contributed by atoms with Crippen LogP contribution in [0.3, 0.4) is 0 Å². The van der Waals surface area contributed by atoms with Crippen molar-refractivity contribution in [1.29, 1.82) is 0 Å². The molecule has 3 aliphatic heterocycles. The second-order valence-corrected chi connectivity index (χ2v) is 20.1. The minimum atomic E-state index is -0.854. The molecule has 0 aromatic rings. The summed E-state index contributed by atoms with van der Waals surface area (Å²) in [5.41, 5.74) is 5.76. The summed E-state index contributed by atoms with van der Waals surface area (Å²) in [6.45, 7) is 5.77. The van der Waals surface area contributed by atoms with Gasteiger partial charge in [-0.15, -0.1) is 0 Å². The lowest BCUT2D eigenvalue weighted by molar-refractivity contribution is -0.193. The molecule has 7 aliphatic rings.